The first kappa shape index (κ1) is 21.3. The predicted octanol–water partition coefficient (Wildman–Crippen LogP) is 2.74. The number of hydrogen-bond donors (Lipinski definition) is 1. The summed E-state index contributed by atoms with van der Waals surface area (Å²) in [5.74, 6) is 1.30. The van der Waals surface area contributed by atoms with Crippen LogP contribution < -0.4 is 19.5 Å². The number of methoxy groups -OCH3 is 3. The zero-order valence-corrected chi connectivity index (χ0v) is 17.3. The molecule has 0 radical (unpaired) electrons. The quantitative estimate of drug-likeness (QED) is 0.701. The van der Waals surface area contributed by atoms with Gasteiger partial charge in [0.25, 0.3) is 5.91 Å². The summed E-state index contributed by atoms with van der Waals surface area (Å²) in [6.45, 7) is 1.18. The van der Waals surface area contributed by atoms with E-state index in [9.17, 15) is 9.59 Å². The van der Waals surface area contributed by atoms with Gasteiger partial charge in [-0.3, -0.25) is 9.59 Å². The third-order valence-electron chi connectivity index (χ3n) is 5.01. The molecule has 0 aliphatic carbocycles. The van der Waals surface area contributed by atoms with Crippen LogP contribution in [0.5, 0.6) is 17.2 Å². The van der Waals surface area contributed by atoms with Gasteiger partial charge in [-0.1, -0.05) is 0 Å². The van der Waals surface area contributed by atoms with Crippen LogP contribution in [0.2, 0.25) is 0 Å². The molecule has 2 aromatic rings. The predicted molar refractivity (Wildman–Crippen MR) is 111 cm³/mol. The average molecular weight is 414 g/mol. The van der Waals surface area contributed by atoms with Crippen molar-refractivity contribution >= 4 is 17.9 Å². The number of nitrogens with zero attached hydrogens (tertiary/aromatic N) is 1. The molecule has 1 aliphatic rings. The monoisotopic (exact) mass is 414 g/mol. The number of likely N-dealkylation sites (tertiary alicyclic amines) is 1. The van der Waals surface area contributed by atoms with Crippen LogP contribution in [-0.2, 0) is 4.79 Å². The topological polar surface area (TPSA) is 90.2 Å². The minimum Gasteiger partial charge on any atom is -0.493 e. The first-order valence-corrected chi connectivity index (χ1v) is 9.65. The third kappa shape index (κ3) is 4.94. The van der Waals surface area contributed by atoms with Crippen molar-refractivity contribution in [3.8, 4) is 17.2 Å². The fraction of sp³-hybridized carbons (Fsp3) is 0.364. The number of piperidine rings is 1. The lowest BCUT2D eigenvalue weighted by atomic mass is 10.0. The van der Waals surface area contributed by atoms with Gasteiger partial charge >= 0.3 is 0 Å². The second-order valence-corrected chi connectivity index (χ2v) is 6.88. The standard InChI is InChI=1S/C22H26N2O6/c1-27-18-12-15(13-19(28-2)21(18)29-3)4-5-20(25)23-17-6-9-24(10-7-17)22(26)16-8-11-30-14-16/h4-5,8,11-14,17H,6-7,9-10H2,1-3H3,(H,23,25). The lowest BCUT2D eigenvalue weighted by molar-refractivity contribution is -0.117. The Morgan fingerprint density at radius 2 is 1.77 bits per heavy atom. The lowest BCUT2D eigenvalue weighted by Gasteiger charge is -2.32. The molecular weight excluding hydrogens is 388 g/mol. The van der Waals surface area contributed by atoms with E-state index >= 15 is 0 Å². The Morgan fingerprint density at radius 1 is 1.10 bits per heavy atom. The van der Waals surface area contributed by atoms with E-state index in [1.807, 2.05) is 0 Å². The van der Waals surface area contributed by atoms with Crippen LogP contribution in [0, 0.1) is 0 Å². The van der Waals surface area contributed by atoms with Gasteiger partial charge in [0, 0.05) is 25.2 Å². The number of nitrogens with one attached hydrogen (secondary N) is 1. The van der Waals surface area contributed by atoms with Crippen molar-refractivity contribution in [2.75, 3.05) is 34.4 Å². The number of carbonyl (C=O) groups excluding carboxylic acids is 2. The van der Waals surface area contributed by atoms with Crippen LogP contribution in [0.1, 0.15) is 28.8 Å². The Labute approximate surface area is 175 Å². The van der Waals surface area contributed by atoms with Crippen molar-refractivity contribution in [2.45, 2.75) is 18.9 Å². The van der Waals surface area contributed by atoms with Crippen LogP contribution >= 0.6 is 0 Å². The number of furan rings is 1. The fourth-order valence-electron chi connectivity index (χ4n) is 3.41. The molecule has 8 heteroatoms. The van der Waals surface area contributed by atoms with E-state index in [0.717, 1.165) is 5.56 Å². The Morgan fingerprint density at radius 3 is 2.30 bits per heavy atom. The summed E-state index contributed by atoms with van der Waals surface area (Å²) in [4.78, 5) is 26.5. The van der Waals surface area contributed by atoms with E-state index < -0.39 is 0 Å². The van der Waals surface area contributed by atoms with Crippen molar-refractivity contribution in [3.05, 3.63) is 47.9 Å². The molecule has 1 aromatic heterocycles. The van der Waals surface area contributed by atoms with E-state index in [1.165, 1.54) is 25.7 Å². The molecule has 2 heterocycles. The average Bonchev–Trinajstić information content (AvgIpc) is 3.31. The van der Waals surface area contributed by atoms with Gasteiger partial charge in [-0.15, -0.1) is 0 Å². The summed E-state index contributed by atoms with van der Waals surface area (Å²) < 4.78 is 20.9. The molecule has 160 valence electrons. The smallest absolute Gasteiger partial charge is 0.257 e. The van der Waals surface area contributed by atoms with E-state index in [-0.39, 0.29) is 17.9 Å². The molecule has 1 aromatic carbocycles. The van der Waals surface area contributed by atoms with E-state index in [2.05, 4.69) is 5.32 Å². The van der Waals surface area contributed by atoms with Crippen LogP contribution in [-0.4, -0.2) is 57.2 Å². The molecule has 0 atom stereocenters. The van der Waals surface area contributed by atoms with Crippen LogP contribution in [0.4, 0.5) is 0 Å². The van der Waals surface area contributed by atoms with Gasteiger partial charge in [0.15, 0.2) is 11.5 Å². The molecule has 0 saturated carbocycles. The van der Waals surface area contributed by atoms with Gasteiger partial charge < -0.3 is 28.8 Å². The molecule has 0 unspecified atom stereocenters. The van der Waals surface area contributed by atoms with Gasteiger partial charge in [-0.05, 0) is 42.7 Å². The van der Waals surface area contributed by atoms with Crippen LogP contribution in [0.25, 0.3) is 6.08 Å². The highest BCUT2D eigenvalue weighted by Gasteiger charge is 2.24. The molecule has 0 bridgehead atoms. The zero-order valence-electron chi connectivity index (χ0n) is 17.3. The van der Waals surface area contributed by atoms with Crippen molar-refractivity contribution in [1.29, 1.82) is 0 Å². The third-order valence-corrected chi connectivity index (χ3v) is 5.01. The van der Waals surface area contributed by atoms with Gasteiger partial charge in [0.1, 0.15) is 6.26 Å². The Kier molecular flexibility index (Phi) is 7.00. The first-order chi connectivity index (χ1) is 14.5. The highest BCUT2D eigenvalue weighted by atomic mass is 16.5. The molecular formula is C22H26N2O6. The van der Waals surface area contributed by atoms with Crippen molar-refractivity contribution in [3.63, 3.8) is 0 Å². The van der Waals surface area contributed by atoms with Crippen molar-refractivity contribution < 1.29 is 28.2 Å². The van der Waals surface area contributed by atoms with Crippen LogP contribution in [0.15, 0.2) is 41.2 Å². The largest absolute Gasteiger partial charge is 0.493 e. The van der Waals surface area contributed by atoms with Crippen LogP contribution in [0.3, 0.4) is 0 Å². The molecule has 0 spiro atoms. The highest BCUT2D eigenvalue weighted by Crippen LogP contribution is 2.38. The second kappa shape index (κ2) is 9.87. The maximum Gasteiger partial charge on any atom is 0.257 e. The maximum absolute atomic E-state index is 12.3. The molecule has 1 saturated heterocycles. The summed E-state index contributed by atoms with van der Waals surface area (Å²) in [6.07, 6.45) is 7.51. The van der Waals surface area contributed by atoms with Gasteiger partial charge in [-0.25, -0.2) is 0 Å². The molecule has 1 fully saturated rings. The second-order valence-electron chi connectivity index (χ2n) is 6.88. The number of benzene rings is 1. The van der Waals surface area contributed by atoms with Gasteiger partial charge in [-0.2, -0.15) is 0 Å². The maximum atomic E-state index is 12.3. The molecule has 3 rings (SSSR count). The number of hydrogen-bond acceptors (Lipinski definition) is 6. The molecule has 1 N–H and O–H groups in total. The van der Waals surface area contributed by atoms with Gasteiger partial charge in [0.2, 0.25) is 11.7 Å². The lowest BCUT2D eigenvalue weighted by Crippen LogP contribution is -2.46. The van der Waals surface area contributed by atoms with Gasteiger partial charge in [0.05, 0.1) is 33.2 Å². The number of amides is 2. The summed E-state index contributed by atoms with van der Waals surface area (Å²) >= 11 is 0. The summed E-state index contributed by atoms with van der Waals surface area (Å²) in [5, 5.41) is 2.99. The minimum absolute atomic E-state index is 0.0236. The molecule has 2 amide bonds. The number of ether oxygens (including phenoxy) is 3. The molecule has 30 heavy (non-hydrogen) atoms. The van der Waals surface area contributed by atoms with E-state index in [1.54, 1.807) is 43.4 Å². The van der Waals surface area contributed by atoms with E-state index in [0.29, 0.717) is 48.7 Å². The van der Waals surface area contributed by atoms with E-state index in [4.69, 9.17) is 18.6 Å². The zero-order chi connectivity index (χ0) is 21.5. The van der Waals surface area contributed by atoms with Crippen molar-refractivity contribution in [2.24, 2.45) is 0 Å². The number of rotatable bonds is 7. The minimum atomic E-state index is -0.191. The normalized spacial score (nSPS) is 14.6. The van der Waals surface area contributed by atoms with Crippen molar-refractivity contribution in [1.82, 2.24) is 10.2 Å². The summed E-state index contributed by atoms with van der Waals surface area (Å²) in [5.41, 5.74) is 1.30. The SMILES string of the molecule is COc1cc(C=CC(=O)NC2CCN(C(=O)c3ccoc3)CC2)cc(OC)c1OC. The highest BCUT2D eigenvalue weighted by molar-refractivity contribution is 5.94. The Hall–Kier alpha value is -3.42. The number of carbonyl (C=O) groups is 2. The fourth-order valence-corrected chi connectivity index (χ4v) is 3.41. The Balaban J connectivity index is 1.55. The molecule has 8 nitrogen and oxygen atoms in total. The molecule has 1 aliphatic heterocycles. The summed E-state index contributed by atoms with van der Waals surface area (Å²) in [7, 11) is 4.62. The Bertz CT molecular complexity index is 873. The summed E-state index contributed by atoms with van der Waals surface area (Å²) in [6, 6.07) is 5.22. The first-order valence-electron chi connectivity index (χ1n) is 9.65.